The molecule has 1 aromatic carbocycles. The molecule has 2 rings (SSSR count). The SMILES string of the molecule is Nc1c(C(=O)NC(C(=O)O)C2CC2)cccc1[N+](=O)[O-]. The summed E-state index contributed by atoms with van der Waals surface area (Å²) in [5.41, 5.74) is 4.84. The third-order valence-electron chi connectivity index (χ3n) is 3.17. The van der Waals surface area contributed by atoms with Crippen LogP contribution in [-0.4, -0.2) is 27.9 Å². The number of hydrogen-bond donors (Lipinski definition) is 3. The lowest BCUT2D eigenvalue weighted by atomic mass is 10.1. The molecule has 106 valence electrons. The third-order valence-corrected chi connectivity index (χ3v) is 3.17. The zero-order valence-electron chi connectivity index (χ0n) is 10.4. The fourth-order valence-corrected chi connectivity index (χ4v) is 1.94. The van der Waals surface area contributed by atoms with Crippen molar-refractivity contribution in [2.24, 2.45) is 5.92 Å². The Balaban J connectivity index is 2.23. The van der Waals surface area contributed by atoms with Crippen LogP contribution in [0.1, 0.15) is 23.2 Å². The average Bonchev–Trinajstić information content (AvgIpc) is 3.19. The molecule has 1 atom stereocenters. The molecule has 8 nitrogen and oxygen atoms in total. The van der Waals surface area contributed by atoms with Gasteiger partial charge in [0.1, 0.15) is 11.7 Å². The van der Waals surface area contributed by atoms with Crippen molar-refractivity contribution in [1.29, 1.82) is 0 Å². The van der Waals surface area contributed by atoms with Crippen LogP contribution >= 0.6 is 0 Å². The lowest BCUT2D eigenvalue weighted by molar-refractivity contribution is -0.383. The van der Waals surface area contributed by atoms with Crippen LogP contribution in [0.4, 0.5) is 11.4 Å². The maximum atomic E-state index is 12.0. The van der Waals surface area contributed by atoms with Gasteiger partial charge >= 0.3 is 5.97 Å². The number of nitro benzene ring substituents is 1. The van der Waals surface area contributed by atoms with Crippen molar-refractivity contribution >= 4 is 23.3 Å². The highest BCUT2D eigenvalue weighted by Gasteiger charge is 2.37. The predicted octanol–water partition coefficient (Wildman–Crippen LogP) is 0.770. The third kappa shape index (κ3) is 2.68. The Hall–Kier alpha value is -2.64. The maximum Gasteiger partial charge on any atom is 0.326 e. The minimum atomic E-state index is -1.12. The summed E-state index contributed by atoms with van der Waals surface area (Å²) in [6, 6.07) is 2.85. The van der Waals surface area contributed by atoms with Gasteiger partial charge in [-0.25, -0.2) is 4.79 Å². The summed E-state index contributed by atoms with van der Waals surface area (Å²) in [5, 5.41) is 22.1. The highest BCUT2D eigenvalue weighted by molar-refractivity contribution is 6.02. The molecule has 1 aliphatic carbocycles. The first-order chi connectivity index (χ1) is 9.41. The second-order valence-corrected chi connectivity index (χ2v) is 4.62. The molecule has 8 heteroatoms. The second kappa shape index (κ2) is 5.16. The monoisotopic (exact) mass is 279 g/mol. The number of nitrogen functional groups attached to an aromatic ring is 1. The van der Waals surface area contributed by atoms with Crippen molar-refractivity contribution in [3.63, 3.8) is 0 Å². The first-order valence-electron chi connectivity index (χ1n) is 5.98. The van der Waals surface area contributed by atoms with Crippen LogP contribution in [0.3, 0.4) is 0 Å². The molecule has 1 aliphatic rings. The molecule has 0 saturated heterocycles. The number of nitrogens with one attached hydrogen (secondary N) is 1. The summed E-state index contributed by atoms with van der Waals surface area (Å²) >= 11 is 0. The molecule has 1 aromatic rings. The molecule has 0 spiro atoms. The molecule has 0 aliphatic heterocycles. The molecule has 0 aromatic heterocycles. The highest BCUT2D eigenvalue weighted by atomic mass is 16.6. The number of carbonyl (C=O) groups is 2. The molecule has 1 fully saturated rings. The molecule has 1 unspecified atom stereocenters. The van der Waals surface area contributed by atoms with Gasteiger partial charge in [-0.05, 0) is 24.8 Å². The molecule has 4 N–H and O–H groups in total. The molecule has 0 heterocycles. The Morgan fingerprint density at radius 1 is 1.45 bits per heavy atom. The summed E-state index contributed by atoms with van der Waals surface area (Å²) < 4.78 is 0. The minimum Gasteiger partial charge on any atom is -0.480 e. The fourth-order valence-electron chi connectivity index (χ4n) is 1.94. The predicted molar refractivity (Wildman–Crippen MR) is 69.1 cm³/mol. The van der Waals surface area contributed by atoms with Gasteiger partial charge in [0.25, 0.3) is 11.6 Å². The van der Waals surface area contributed by atoms with Gasteiger partial charge in [0.05, 0.1) is 10.5 Å². The molecule has 1 saturated carbocycles. The molecular weight excluding hydrogens is 266 g/mol. The number of benzene rings is 1. The van der Waals surface area contributed by atoms with Gasteiger partial charge < -0.3 is 16.2 Å². The number of rotatable bonds is 5. The standard InChI is InChI=1S/C12H13N3O5/c13-9-7(2-1-3-8(9)15(19)20)11(16)14-10(12(17)18)6-4-5-6/h1-3,6,10H,4-5,13H2,(H,14,16)(H,17,18). The van der Waals surface area contributed by atoms with Crippen LogP contribution in [0.2, 0.25) is 0 Å². The fraction of sp³-hybridized carbons (Fsp3) is 0.333. The number of hydrogen-bond acceptors (Lipinski definition) is 5. The van der Waals surface area contributed by atoms with Crippen LogP contribution in [-0.2, 0) is 4.79 Å². The number of para-hydroxylation sites is 1. The first-order valence-corrected chi connectivity index (χ1v) is 5.98. The Kier molecular flexibility index (Phi) is 3.55. The number of carboxylic acid groups (broad SMARTS) is 1. The van der Waals surface area contributed by atoms with Crippen molar-refractivity contribution in [1.82, 2.24) is 5.32 Å². The topological polar surface area (TPSA) is 136 Å². The largest absolute Gasteiger partial charge is 0.480 e. The smallest absolute Gasteiger partial charge is 0.326 e. The molecule has 0 bridgehead atoms. The van der Waals surface area contributed by atoms with Crippen molar-refractivity contribution in [2.45, 2.75) is 18.9 Å². The van der Waals surface area contributed by atoms with E-state index in [0.717, 1.165) is 12.8 Å². The quantitative estimate of drug-likeness (QED) is 0.414. The lowest BCUT2D eigenvalue weighted by Crippen LogP contribution is -2.42. The van der Waals surface area contributed by atoms with E-state index in [2.05, 4.69) is 5.32 Å². The van der Waals surface area contributed by atoms with Crippen LogP contribution in [0.25, 0.3) is 0 Å². The van der Waals surface area contributed by atoms with E-state index in [1.165, 1.54) is 18.2 Å². The van der Waals surface area contributed by atoms with Crippen LogP contribution in [0.5, 0.6) is 0 Å². The highest BCUT2D eigenvalue weighted by Crippen LogP contribution is 2.33. The molecule has 1 amide bonds. The second-order valence-electron chi connectivity index (χ2n) is 4.62. The number of amides is 1. The van der Waals surface area contributed by atoms with Crippen molar-refractivity contribution in [2.75, 3.05) is 5.73 Å². The van der Waals surface area contributed by atoms with E-state index in [9.17, 15) is 19.7 Å². The number of aliphatic carboxylic acids is 1. The summed E-state index contributed by atoms with van der Waals surface area (Å²) in [7, 11) is 0. The number of anilines is 1. The number of carboxylic acids is 1. The molecule has 20 heavy (non-hydrogen) atoms. The van der Waals surface area contributed by atoms with Gasteiger partial charge in [-0.15, -0.1) is 0 Å². The van der Waals surface area contributed by atoms with Crippen LogP contribution < -0.4 is 11.1 Å². The van der Waals surface area contributed by atoms with E-state index in [0.29, 0.717) is 0 Å². The number of nitro groups is 1. The summed E-state index contributed by atoms with van der Waals surface area (Å²) in [4.78, 5) is 33.1. The minimum absolute atomic E-state index is 0.0867. The van der Waals surface area contributed by atoms with E-state index in [-0.39, 0.29) is 22.9 Å². The van der Waals surface area contributed by atoms with Gasteiger partial charge in [0.2, 0.25) is 0 Å². The van der Waals surface area contributed by atoms with Gasteiger partial charge in [-0.2, -0.15) is 0 Å². The Morgan fingerprint density at radius 3 is 2.60 bits per heavy atom. The maximum absolute atomic E-state index is 12.0. The summed E-state index contributed by atoms with van der Waals surface area (Å²) in [6.07, 6.45) is 1.48. The number of nitrogens with zero attached hydrogens (tertiary/aromatic N) is 1. The van der Waals surface area contributed by atoms with Gasteiger partial charge in [-0.3, -0.25) is 14.9 Å². The van der Waals surface area contributed by atoms with E-state index < -0.39 is 22.8 Å². The number of nitrogens with two attached hydrogens (primary N) is 1. The van der Waals surface area contributed by atoms with Crippen LogP contribution in [0, 0.1) is 16.0 Å². The Bertz CT molecular complexity index is 582. The van der Waals surface area contributed by atoms with E-state index >= 15 is 0 Å². The first kappa shape index (κ1) is 13.8. The van der Waals surface area contributed by atoms with Crippen molar-refractivity contribution in [3.8, 4) is 0 Å². The van der Waals surface area contributed by atoms with Gasteiger partial charge in [-0.1, -0.05) is 6.07 Å². The van der Waals surface area contributed by atoms with Crippen molar-refractivity contribution < 1.29 is 19.6 Å². The van der Waals surface area contributed by atoms with Crippen LogP contribution in [0.15, 0.2) is 18.2 Å². The normalized spacial score (nSPS) is 15.4. The zero-order chi connectivity index (χ0) is 14.9. The summed E-state index contributed by atoms with van der Waals surface area (Å²) in [6.45, 7) is 0. The van der Waals surface area contributed by atoms with E-state index in [1.807, 2.05) is 0 Å². The molecule has 0 radical (unpaired) electrons. The van der Waals surface area contributed by atoms with E-state index in [1.54, 1.807) is 0 Å². The Labute approximate surface area is 113 Å². The van der Waals surface area contributed by atoms with Gasteiger partial charge in [0, 0.05) is 6.07 Å². The molecular formula is C12H13N3O5. The summed E-state index contributed by atoms with van der Waals surface area (Å²) in [5.74, 6) is -1.92. The van der Waals surface area contributed by atoms with E-state index in [4.69, 9.17) is 10.8 Å². The lowest BCUT2D eigenvalue weighted by Gasteiger charge is -2.14. The zero-order valence-corrected chi connectivity index (χ0v) is 10.4. The van der Waals surface area contributed by atoms with Gasteiger partial charge in [0.15, 0.2) is 0 Å². The number of carbonyl (C=O) groups excluding carboxylic acids is 1. The Morgan fingerprint density at radius 2 is 2.10 bits per heavy atom. The van der Waals surface area contributed by atoms with Crippen molar-refractivity contribution in [3.05, 3.63) is 33.9 Å². The average molecular weight is 279 g/mol.